The van der Waals surface area contributed by atoms with E-state index < -0.39 is 0 Å². The average Bonchev–Trinajstić information content (AvgIpc) is 3.00. The van der Waals surface area contributed by atoms with Gasteiger partial charge in [-0.05, 0) is 30.2 Å². The van der Waals surface area contributed by atoms with Crippen molar-refractivity contribution in [2.45, 2.75) is 12.8 Å². The molecule has 0 spiro atoms. The Morgan fingerprint density at radius 2 is 2.00 bits per heavy atom. The van der Waals surface area contributed by atoms with Crippen LogP contribution >= 0.6 is 0 Å². The molecular formula is C19H19FN2O2. The molecule has 3 rings (SSSR count). The highest BCUT2D eigenvalue weighted by molar-refractivity contribution is 5.95. The monoisotopic (exact) mass is 326 g/mol. The number of nitrogens with one attached hydrogen (secondary N) is 1. The third-order valence-electron chi connectivity index (χ3n) is 4.15. The third kappa shape index (κ3) is 3.62. The van der Waals surface area contributed by atoms with Crippen molar-refractivity contribution in [1.82, 2.24) is 10.2 Å². The van der Waals surface area contributed by atoms with E-state index in [0.29, 0.717) is 36.2 Å². The summed E-state index contributed by atoms with van der Waals surface area (Å²) >= 11 is 0. The van der Waals surface area contributed by atoms with Crippen molar-refractivity contribution in [1.29, 1.82) is 0 Å². The summed E-state index contributed by atoms with van der Waals surface area (Å²) in [4.78, 5) is 25.6. The van der Waals surface area contributed by atoms with Gasteiger partial charge in [0.25, 0.3) is 5.91 Å². The number of hydrogen-bond donors (Lipinski definition) is 1. The Morgan fingerprint density at radius 3 is 2.75 bits per heavy atom. The molecule has 1 saturated heterocycles. The zero-order chi connectivity index (χ0) is 16.9. The normalized spacial score (nSPS) is 14.0. The fourth-order valence-corrected chi connectivity index (χ4v) is 2.87. The molecule has 124 valence electrons. The van der Waals surface area contributed by atoms with E-state index in [9.17, 15) is 14.0 Å². The fourth-order valence-electron chi connectivity index (χ4n) is 2.87. The smallest absolute Gasteiger partial charge is 0.251 e. The van der Waals surface area contributed by atoms with Crippen molar-refractivity contribution in [3.8, 4) is 11.1 Å². The van der Waals surface area contributed by atoms with Crippen molar-refractivity contribution >= 4 is 11.8 Å². The molecule has 0 aliphatic carbocycles. The lowest BCUT2D eigenvalue weighted by atomic mass is 10.0. The molecule has 2 aromatic rings. The maximum atomic E-state index is 13.9. The van der Waals surface area contributed by atoms with Gasteiger partial charge in [-0.2, -0.15) is 0 Å². The lowest BCUT2D eigenvalue weighted by Crippen LogP contribution is -2.35. The van der Waals surface area contributed by atoms with Crippen molar-refractivity contribution in [3.63, 3.8) is 0 Å². The maximum Gasteiger partial charge on any atom is 0.251 e. The second kappa shape index (κ2) is 7.25. The number of likely N-dealkylation sites (tertiary alicyclic amines) is 1. The van der Waals surface area contributed by atoms with E-state index in [2.05, 4.69) is 5.32 Å². The van der Waals surface area contributed by atoms with Crippen LogP contribution < -0.4 is 5.32 Å². The highest BCUT2D eigenvalue weighted by Crippen LogP contribution is 2.23. The van der Waals surface area contributed by atoms with Gasteiger partial charge in [-0.3, -0.25) is 9.59 Å². The molecule has 0 bridgehead atoms. The van der Waals surface area contributed by atoms with E-state index in [-0.39, 0.29) is 17.6 Å². The van der Waals surface area contributed by atoms with Crippen molar-refractivity contribution in [2.24, 2.45) is 0 Å². The summed E-state index contributed by atoms with van der Waals surface area (Å²) in [5, 5.41) is 2.81. The summed E-state index contributed by atoms with van der Waals surface area (Å²) in [6.45, 7) is 1.70. The number of amides is 2. The summed E-state index contributed by atoms with van der Waals surface area (Å²) < 4.78 is 13.9. The summed E-state index contributed by atoms with van der Waals surface area (Å²) in [7, 11) is 0. The second-order valence-corrected chi connectivity index (χ2v) is 5.80. The Hall–Kier alpha value is -2.69. The molecule has 5 heteroatoms. The van der Waals surface area contributed by atoms with Crippen LogP contribution in [-0.4, -0.2) is 36.3 Å². The first-order valence-electron chi connectivity index (χ1n) is 8.06. The van der Waals surface area contributed by atoms with Crippen molar-refractivity contribution < 1.29 is 14.0 Å². The standard InChI is InChI=1S/C19H19FN2O2/c20-17-8-2-1-7-16(17)14-5-3-6-15(13-14)19(24)21-10-12-22-11-4-9-18(22)23/h1-3,5-8,13H,4,9-12H2,(H,21,24). The van der Waals surface area contributed by atoms with E-state index in [1.165, 1.54) is 6.07 Å². The Balaban J connectivity index is 1.64. The molecule has 24 heavy (non-hydrogen) atoms. The van der Waals surface area contributed by atoms with E-state index >= 15 is 0 Å². The SMILES string of the molecule is O=C(NCCN1CCCC1=O)c1cccc(-c2ccccc2F)c1. The highest BCUT2D eigenvalue weighted by Gasteiger charge is 2.19. The first-order valence-corrected chi connectivity index (χ1v) is 8.06. The topological polar surface area (TPSA) is 49.4 Å². The van der Waals surface area contributed by atoms with E-state index in [0.717, 1.165) is 13.0 Å². The predicted molar refractivity (Wildman–Crippen MR) is 90.0 cm³/mol. The highest BCUT2D eigenvalue weighted by atomic mass is 19.1. The molecule has 2 aromatic carbocycles. The van der Waals surface area contributed by atoms with Crippen LogP contribution in [0.25, 0.3) is 11.1 Å². The minimum absolute atomic E-state index is 0.144. The second-order valence-electron chi connectivity index (χ2n) is 5.80. The number of halogens is 1. The maximum absolute atomic E-state index is 13.9. The molecule has 1 heterocycles. The number of carbonyl (C=O) groups excluding carboxylic acids is 2. The molecule has 1 N–H and O–H groups in total. The molecule has 1 aliphatic heterocycles. The average molecular weight is 326 g/mol. The van der Waals surface area contributed by atoms with Crippen molar-refractivity contribution in [2.75, 3.05) is 19.6 Å². The third-order valence-corrected chi connectivity index (χ3v) is 4.15. The largest absolute Gasteiger partial charge is 0.350 e. The Morgan fingerprint density at radius 1 is 1.17 bits per heavy atom. The van der Waals surface area contributed by atoms with Crippen LogP contribution in [0.15, 0.2) is 48.5 Å². The van der Waals surface area contributed by atoms with E-state index in [4.69, 9.17) is 0 Å². The van der Waals surface area contributed by atoms with E-state index in [1.54, 1.807) is 47.4 Å². The molecule has 0 atom stereocenters. The fraction of sp³-hybridized carbons (Fsp3) is 0.263. The van der Waals surface area contributed by atoms with Crippen LogP contribution in [0.5, 0.6) is 0 Å². The van der Waals surface area contributed by atoms with Gasteiger partial charge >= 0.3 is 0 Å². The number of rotatable bonds is 5. The minimum Gasteiger partial charge on any atom is -0.350 e. The van der Waals surface area contributed by atoms with Crippen LogP contribution in [0.4, 0.5) is 4.39 Å². The lowest BCUT2D eigenvalue weighted by Gasteiger charge is -2.15. The van der Waals surface area contributed by atoms with Gasteiger partial charge in [0.1, 0.15) is 5.82 Å². The molecular weight excluding hydrogens is 307 g/mol. The van der Waals surface area contributed by atoms with Gasteiger partial charge in [0.05, 0.1) is 0 Å². The van der Waals surface area contributed by atoms with Crippen molar-refractivity contribution in [3.05, 3.63) is 59.9 Å². The molecule has 0 saturated carbocycles. The minimum atomic E-state index is -0.317. The number of nitrogens with zero attached hydrogens (tertiary/aromatic N) is 1. The van der Waals surface area contributed by atoms with Crippen LogP contribution in [0, 0.1) is 5.82 Å². The Labute approximate surface area is 140 Å². The van der Waals surface area contributed by atoms with Gasteiger partial charge in [-0.25, -0.2) is 4.39 Å². The van der Waals surface area contributed by atoms with E-state index in [1.807, 2.05) is 0 Å². The van der Waals surface area contributed by atoms with Crippen LogP contribution in [0.3, 0.4) is 0 Å². The molecule has 1 aliphatic rings. The van der Waals surface area contributed by atoms with Crippen LogP contribution in [0.2, 0.25) is 0 Å². The van der Waals surface area contributed by atoms with Gasteiger partial charge < -0.3 is 10.2 Å². The molecule has 4 nitrogen and oxygen atoms in total. The van der Waals surface area contributed by atoms with Gasteiger partial charge in [0.15, 0.2) is 0 Å². The number of carbonyl (C=O) groups is 2. The van der Waals surface area contributed by atoms with Gasteiger partial charge in [0.2, 0.25) is 5.91 Å². The van der Waals surface area contributed by atoms with Crippen LogP contribution in [-0.2, 0) is 4.79 Å². The first kappa shape index (κ1) is 16.2. The summed E-state index contributed by atoms with van der Waals surface area (Å²) in [5.41, 5.74) is 1.61. The van der Waals surface area contributed by atoms with Gasteiger partial charge in [-0.1, -0.05) is 30.3 Å². The summed E-state index contributed by atoms with van der Waals surface area (Å²) in [6.07, 6.45) is 1.48. The molecule has 0 radical (unpaired) electrons. The first-order chi connectivity index (χ1) is 11.6. The van der Waals surface area contributed by atoms with Crippen LogP contribution in [0.1, 0.15) is 23.2 Å². The molecule has 1 fully saturated rings. The molecule has 0 unspecified atom stereocenters. The summed E-state index contributed by atoms with van der Waals surface area (Å²) in [6, 6.07) is 13.4. The zero-order valence-electron chi connectivity index (χ0n) is 13.3. The lowest BCUT2D eigenvalue weighted by molar-refractivity contribution is -0.127. The number of benzene rings is 2. The molecule has 2 amide bonds. The number of hydrogen-bond acceptors (Lipinski definition) is 2. The van der Waals surface area contributed by atoms with Gasteiger partial charge in [-0.15, -0.1) is 0 Å². The molecule has 0 aromatic heterocycles. The Kier molecular flexibility index (Phi) is 4.89. The Bertz CT molecular complexity index is 761. The van der Waals surface area contributed by atoms with Gasteiger partial charge in [0, 0.05) is 37.2 Å². The quantitative estimate of drug-likeness (QED) is 0.918. The summed E-state index contributed by atoms with van der Waals surface area (Å²) in [5.74, 6) is -0.395. The zero-order valence-corrected chi connectivity index (χ0v) is 13.3. The predicted octanol–water partition coefficient (Wildman–Crippen LogP) is 2.84.